The van der Waals surface area contributed by atoms with Gasteiger partial charge in [0.1, 0.15) is 12.4 Å². The minimum absolute atomic E-state index is 0.0567. The molecule has 104 valence electrons. The number of halogens is 2. The number of oxime groups is 1. The lowest BCUT2D eigenvalue weighted by atomic mass is 10.2. The molecular weight excluding hydrogens is 301 g/mol. The van der Waals surface area contributed by atoms with Crippen molar-refractivity contribution in [2.45, 2.75) is 6.61 Å². The second kappa shape index (κ2) is 6.45. The Labute approximate surface area is 125 Å². The van der Waals surface area contributed by atoms with Crippen molar-refractivity contribution in [2.24, 2.45) is 10.9 Å². The highest BCUT2D eigenvalue weighted by molar-refractivity contribution is 6.34. The molecule has 0 bridgehead atoms. The van der Waals surface area contributed by atoms with E-state index in [1.165, 1.54) is 0 Å². The molecule has 20 heavy (non-hydrogen) atoms. The lowest BCUT2D eigenvalue weighted by molar-refractivity contribution is 0.306. The first-order valence-electron chi connectivity index (χ1n) is 5.60. The Balaban J connectivity index is 2.12. The second-order valence-electron chi connectivity index (χ2n) is 3.88. The SMILES string of the molecule is N/C(=N/O)c1ccc(OCc2ccncc2Cl)cc1Cl. The number of hydrogen-bond acceptors (Lipinski definition) is 4. The monoisotopic (exact) mass is 311 g/mol. The van der Waals surface area contributed by atoms with Crippen LogP contribution in [0.25, 0.3) is 0 Å². The van der Waals surface area contributed by atoms with Gasteiger partial charge in [-0.3, -0.25) is 4.98 Å². The molecule has 5 nitrogen and oxygen atoms in total. The summed E-state index contributed by atoms with van der Waals surface area (Å²) in [5.74, 6) is 0.496. The Morgan fingerprint density at radius 1 is 1.30 bits per heavy atom. The maximum Gasteiger partial charge on any atom is 0.171 e. The zero-order valence-corrected chi connectivity index (χ0v) is 11.8. The smallest absolute Gasteiger partial charge is 0.171 e. The van der Waals surface area contributed by atoms with Crippen molar-refractivity contribution in [2.75, 3.05) is 0 Å². The van der Waals surface area contributed by atoms with Crippen molar-refractivity contribution in [1.29, 1.82) is 0 Å². The van der Waals surface area contributed by atoms with E-state index in [0.717, 1.165) is 5.56 Å². The van der Waals surface area contributed by atoms with Gasteiger partial charge in [-0.15, -0.1) is 0 Å². The molecule has 0 fully saturated rings. The number of nitrogens with zero attached hydrogens (tertiary/aromatic N) is 2. The number of benzene rings is 1. The molecule has 0 spiro atoms. The fraction of sp³-hybridized carbons (Fsp3) is 0.0769. The van der Waals surface area contributed by atoms with Crippen LogP contribution in [-0.2, 0) is 6.61 Å². The molecule has 1 aromatic carbocycles. The van der Waals surface area contributed by atoms with Gasteiger partial charge >= 0.3 is 0 Å². The Morgan fingerprint density at radius 2 is 2.10 bits per heavy atom. The van der Waals surface area contributed by atoms with E-state index in [2.05, 4.69) is 10.1 Å². The summed E-state index contributed by atoms with van der Waals surface area (Å²) in [6, 6.07) is 6.65. The van der Waals surface area contributed by atoms with Gasteiger partial charge in [-0.2, -0.15) is 0 Å². The van der Waals surface area contributed by atoms with Gasteiger partial charge in [0.25, 0.3) is 0 Å². The number of amidine groups is 1. The molecule has 0 unspecified atom stereocenters. The van der Waals surface area contributed by atoms with E-state index in [0.29, 0.717) is 28.0 Å². The Hall–Kier alpha value is -1.98. The van der Waals surface area contributed by atoms with Crippen molar-refractivity contribution < 1.29 is 9.94 Å². The third-order valence-electron chi connectivity index (χ3n) is 2.58. The van der Waals surface area contributed by atoms with E-state index in [1.807, 2.05) is 0 Å². The normalized spacial score (nSPS) is 11.4. The zero-order valence-electron chi connectivity index (χ0n) is 10.3. The van der Waals surface area contributed by atoms with Crippen molar-refractivity contribution in [1.82, 2.24) is 4.98 Å². The van der Waals surface area contributed by atoms with Crippen molar-refractivity contribution in [3.05, 3.63) is 57.8 Å². The minimum Gasteiger partial charge on any atom is -0.489 e. The molecule has 0 saturated heterocycles. The van der Waals surface area contributed by atoms with Crippen molar-refractivity contribution in [3.63, 3.8) is 0 Å². The van der Waals surface area contributed by atoms with Gasteiger partial charge in [0.15, 0.2) is 5.84 Å². The summed E-state index contributed by atoms with van der Waals surface area (Å²) in [4.78, 5) is 3.90. The lowest BCUT2D eigenvalue weighted by Crippen LogP contribution is -2.13. The first-order chi connectivity index (χ1) is 9.61. The molecule has 3 N–H and O–H groups in total. The van der Waals surface area contributed by atoms with E-state index in [9.17, 15) is 0 Å². The number of hydrogen-bond donors (Lipinski definition) is 2. The Bertz CT molecular complexity index is 647. The summed E-state index contributed by atoms with van der Waals surface area (Å²) in [7, 11) is 0. The minimum atomic E-state index is -0.0567. The van der Waals surface area contributed by atoms with Crippen molar-refractivity contribution in [3.8, 4) is 5.75 Å². The number of nitrogens with two attached hydrogens (primary N) is 1. The van der Waals surface area contributed by atoms with Crippen LogP contribution in [0.15, 0.2) is 41.8 Å². The van der Waals surface area contributed by atoms with Crippen LogP contribution >= 0.6 is 23.2 Å². The molecule has 1 aromatic heterocycles. The largest absolute Gasteiger partial charge is 0.489 e. The molecule has 2 aromatic rings. The maximum absolute atomic E-state index is 8.62. The van der Waals surface area contributed by atoms with Gasteiger partial charge < -0.3 is 15.7 Å². The fourth-order valence-electron chi connectivity index (χ4n) is 1.53. The predicted molar refractivity (Wildman–Crippen MR) is 77.5 cm³/mol. The average Bonchev–Trinajstić information content (AvgIpc) is 2.46. The quantitative estimate of drug-likeness (QED) is 0.393. The topological polar surface area (TPSA) is 80.7 Å². The number of rotatable bonds is 4. The molecule has 0 radical (unpaired) electrons. The van der Waals surface area contributed by atoms with Crippen LogP contribution in [0, 0.1) is 0 Å². The number of ether oxygens (including phenoxy) is 1. The average molecular weight is 312 g/mol. The highest BCUT2D eigenvalue weighted by Gasteiger charge is 2.07. The first-order valence-corrected chi connectivity index (χ1v) is 6.36. The third-order valence-corrected chi connectivity index (χ3v) is 3.23. The van der Waals surface area contributed by atoms with Gasteiger partial charge in [0.05, 0.1) is 10.0 Å². The Morgan fingerprint density at radius 3 is 2.75 bits per heavy atom. The number of pyridine rings is 1. The summed E-state index contributed by atoms with van der Waals surface area (Å²) in [5, 5.41) is 12.4. The molecule has 0 aliphatic heterocycles. The fourth-order valence-corrected chi connectivity index (χ4v) is 1.97. The lowest BCUT2D eigenvalue weighted by Gasteiger charge is -2.09. The summed E-state index contributed by atoms with van der Waals surface area (Å²) in [5.41, 5.74) is 6.73. The second-order valence-corrected chi connectivity index (χ2v) is 4.70. The van der Waals surface area contributed by atoms with Crippen LogP contribution in [-0.4, -0.2) is 16.0 Å². The molecule has 2 rings (SSSR count). The standard InChI is InChI=1S/C13H11Cl2N3O2/c14-11-5-9(1-2-10(11)13(16)18-19)20-7-8-3-4-17-6-12(8)15/h1-6,19H,7H2,(H2,16,18). The molecule has 1 heterocycles. The summed E-state index contributed by atoms with van der Waals surface area (Å²) < 4.78 is 5.58. The highest BCUT2D eigenvalue weighted by atomic mass is 35.5. The third kappa shape index (κ3) is 3.31. The highest BCUT2D eigenvalue weighted by Crippen LogP contribution is 2.24. The van der Waals surface area contributed by atoms with Gasteiger partial charge in [0.2, 0.25) is 0 Å². The zero-order chi connectivity index (χ0) is 14.5. The molecule has 0 aliphatic rings. The van der Waals surface area contributed by atoms with Crippen LogP contribution in [0.3, 0.4) is 0 Å². The molecule has 0 amide bonds. The molecule has 0 saturated carbocycles. The Kier molecular flexibility index (Phi) is 4.65. The van der Waals surface area contributed by atoms with Crippen molar-refractivity contribution >= 4 is 29.0 Å². The van der Waals surface area contributed by atoms with Crippen LogP contribution in [0.5, 0.6) is 5.75 Å². The summed E-state index contributed by atoms with van der Waals surface area (Å²) in [6.45, 7) is 0.292. The van der Waals surface area contributed by atoms with E-state index < -0.39 is 0 Å². The van der Waals surface area contributed by atoms with Gasteiger partial charge in [-0.05, 0) is 24.3 Å². The van der Waals surface area contributed by atoms with Gasteiger partial charge in [-0.1, -0.05) is 28.4 Å². The van der Waals surface area contributed by atoms with E-state index in [-0.39, 0.29) is 5.84 Å². The summed E-state index contributed by atoms with van der Waals surface area (Å²) in [6.07, 6.45) is 3.19. The molecule has 7 heteroatoms. The predicted octanol–water partition coefficient (Wildman–Crippen LogP) is 3.06. The molecule has 0 atom stereocenters. The van der Waals surface area contributed by atoms with Crippen LogP contribution < -0.4 is 10.5 Å². The molecular formula is C13H11Cl2N3O2. The first kappa shape index (κ1) is 14.4. The van der Waals surface area contributed by atoms with E-state index in [4.69, 9.17) is 38.9 Å². The van der Waals surface area contributed by atoms with Crippen LogP contribution in [0.1, 0.15) is 11.1 Å². The molecule has 0 aliphatic carbocycles. The van der Waals surface area contributed by atoms with Gasteiger partial charge in [0, 0.05) is 23.5 Å². The summed E-state index contributed by atoms with van der Waals surface area (Å²) >= 11 is 12.0. The number of aromatic nitrogens is 1. The van der Waals surface area contributed by atoms with E-state index in [1.54, 1.807) is 36.7 Å². The van der Waals surface area contributed by atoms with Gasteiger partial charge in [-0.25, -0.2) is 0 Å². The van der Waals surface area contributed by atoms with Crippen LogP contribution in [0.4, 0.5) is 0 Å². The van der Waals surface area contributed by atoms with E-state index >= 15 is 0 Å². The maximum atomic E-state index is 8.62. The van der Waals surface area contributed by atoms with Crippen LogP contribution in [0.2, 0.25) is 10.0 Å².